The van der Waals surface area contributed by atoms with Crippen LogP contribution in [0.5, 0.6) is 0 Å². The highest BCUT2D eigenvalue weighted by atomic mass is 79.9. The molecule has 0 unspecified atom stereocenters. The molecular formula is C10H7BrClFN2. The van der Waals surface area contributed by atoms with Gasteiger partial charge < -0.3 is 5.32 Å². The number of pyridine rings is 1. The molecule has 0 aliphatic rings. The van der Waals surface area contributed by atoms with Crippen molar-refractivity contribution >= 4 is 44.3 Å². The zero-order chi connectivity index (χ0) is 11.0. The zero-order valence-electron chi connectivity index (χ0n) is 7.81. The predicted molar refractivity (Wildman–Crippen MR) is 64.0 cm³/mol. The standard InChI is InChI=1S/C10H7BrClFN2/c1-14-10-7(12)4-6-8(13)2-5(11)3-9(6)15-10/h2-4H,1H3,(H,14,15). The third-order valence-corrected chi connectivity index (χ3v) is 2.78. The van der Waals surface area contributed by atoms with Gasteiger partial charge >= 0.3 is 0 Å². The monoisotopic (exact) mass is 288 g/mol. The van der Waals surface area contributed by atoms with Crippen LogP contribution in [0.15, 0.2) is 22.7 Å². The van der Waals surface area contributed by atoms with Crippen LogP contribution >= 0.6 is 27.5 Å². The lowest BCUT2D eigenvalue weighted by Gasteiger charge is -2.06. The molecule has 0 aliphatic carbocycles. The van der Waals surface area contributed by atoms with E-state index in [0.29, 0.717) is 26.2 Å². The molecule has 15 heavy (non-hydrogen) atoms. The average molecular weight is 290 g/mol. The minimum Gasteiger partial charge on any atom is -0.372 e. The molecule has 0 saturated heterocycles. The molecule has 2 nitrogen and oxygen atoms in total. The smallest absolute Gasteiger partial charge is 0.145 e. The fourth-order valence-electron chi connectivity index (χ4n) is 1.35. The van der Waals surface area contributed by atoms with E-state index in [9.17, 15) is 4.39 Å². The highest BCUT2D eigenvalue weighted by molar-refractivity contribution is 9.10. The summed E-state index contributed by atoms with van der Waals surface area (Å²) in [7, 11) is 1.72. The SMILES string of the molecule is CNc1nc2cc(Br)cc(F)c2cc1Cl. The Bertz CT molecular complexity index is 530. The van der Waals surface area contributed by atoms with Gasteiger partial charge in [0.25, 0.3) is 0 Å². The highest BCUT2D eigenvalue weighted by Crippen LogP contribution is 2.28. The molecule has 0 fully saturated rings. The van der Waals surface area contributed by atoms with Crippen molar-refractivity contribution in [3.8, 4) is 0 Å². The molecule has 1 heterocycles. The Morgan fingerprint density at radius 1 is 1.40 bits per heavy atom. The van der Waals surface area contributed by atoms with E-state index in [1.807, 2.05) is 0 Å². The van der Waals surface area contributed by atoms with Crippen LogP contribution in [0.4, 0.5) is 10.2 Å². The molecule has 1 N–H and O–H groups in total. The highest BCUT2D eigenvalue weighted by Gasteiger charge is 2.08. The minimum atomic E-state index is -0.337. The van der Waals surface area contributed by atoms with Crippen LogP contribution in [0.2, 0.25) is 5.02 Å². The third-order valence-electron chi connectivity index (χ3n) is 2.04. The van der Waals surface area contributed by atoms with Crippen molar-refractivity contribution in [2.45, 2.75) is 0 Å². The second-order valence-electron chi connectivity index (χ2n) is 3.02. The van der Waals surface area contributed by atoms with Gasteiger partial charge in [-0.3, -0.25) is 0 Å². The summed E-state index contributed by atoms with van der Waals surface area (Å²) < 4.78 is 14.2. The quantitative estimate of drug-likeness (QED) is 0.863. The molecule has 2 rings (SSSR count). The lowest BCUT2D eigenvalue weighted by molar-refractivity contribution is 0.639. The second kappa shape index (κ2) is 3.94. The Hall–Kier alpha value is -0.870. The number of hydrogen-bond acceptors (Lipinski definition) is 2. The van der Waals surface area contributed by atoms with Gasteiger partial charge in [-0.2, -0.15) is 0 Å². The van der Waals surface area contributed by atoms with Crippen molar-refractivity contribution in [2.24, 2.45) is 0 Å². The number of nitrogens with one attached hydrogen (secondary N) is 1. The Labute approximate surface area is 99.6 Å². The summed E-state index contributed by atoms with van der Waals surface area (Å²) in [6, 6.07) is 4.70. The summed E-state index contributed by atoms with van der Waals surface area (Å²) in [5, 5.41) is 3.67. The number of anilines is 1. The van der Waals surface area contributed by atoms with Crippen molar-refractivity contribution in [1.82, 2.24) is 4.98 Å². The van der Waals surface area contributed by atoms with Crippen molar-refractivity contribution in [3.05, 3.63) is 33.5 Å². The minimum absolute atomic E-state index is 0.337. The molecule has 0 saturated carbocycles. The molecule has 2 aromatic rings. The van der Waals surface area contributed by atoms with Crippen LogP contribution in [0.1, 0.15) is 0 Å². The zero-order valence-corrected chi connectivity index (χ0v) is 10.2. The normalized spacial score (nSPS) is 10.7. The van der Waals surface area contributed by atoms with E-state index >= 15 is 0 Å². The molecule has 0 atom stereocenters. The van der Waals surface area contributed by atoms with Gasteiger partial charge in [-0.25, -0.2) is 9.37 Å². The lowest BCUT2D eigenvalue weighted by Crippen LogP contribution is -1.94. The van der Waals surface area contributed by atoms with E-state index in [-0.39, 0.29) is 5.82 Å². The first-order valence-electron chi connectivity index (χ1n) is 4.25. The summed E-state index contributed by atoms with van der Waals surface area (Å²) >= 11 is 9.13. The average Bonchev–Trinajstić information content (AvgIpc) is 2.18. The van der Waals surface area contributed by atoms with Crippen LogP contribution in [-0.4, -0.2) is 12.0 Å². The number of hydrogen-bond donors (Lipinski definition) is 1. The Kier molecular flexibility index (Phi) is 2.80. The van der Waals surface area contributed by atoms with Gasteiger partial charge in [0.2, 0.25) is 0 Å². The number of nitrogens with zero attached hydrogens (tertiary/aromatic N) is 1. The van der Waals surface area contributed by atoms with Crippen LogP contribution in [0.25, 0.3) is 10.9 Å². The van der Waals surface area contributed by atoms with Gasteiger partial charge in [0.1, 0.15) is 11.6 Å². The molecule has 0 radical (unpaired) electrons. The first-order chi connectivity index (χ1) is 7.11. The van der Waals surface area contributed by atoms with Crippen molar-refractivity contribution in [1.29, 1.82) is 0 Å². The summed E-state index contributed by atoms with van der Waals surface area (Å²) in [4.78, 5) is 4.20. The van der Waals surface area contributed by atoms with Crippen LogP contribution in [-0.2, 0) is 0 Å². The van der Waals surface area contributed by atoms with Crippen LogP contribution < -0.4 is 5.32 Å². The number of fused-ring (bicyclic) bond motifs is 1. The predicted octanol–water partition coefficient (Wildman–Crippen LogP) is 3.83. The third kappa shape index (κ3) is 1.92. The molecule has 0 aliphatic heterocycles. The topological polar surface area (TPSA) is 24.9 Å². The van der Waals surface area contributed by atoms with Crippen LogP contribution in [0, 0.1) is 5.82 Å². The summed E-state index contributed by atoms with van der Waals surface area (Å²) in [5.74, 6) is 0.207. The van der Waals surface area contributed by atoms with E-state index in [1.54, 1.807) is 19.2 Å². The van der Waals surface area contributed by atoms with Crippen molar-refractivity contribution < 1.29 is 4.39 Å². The number of rotatable bonds is 1. The van der Waals surface area contributed by atoms with Crippen molar-refractivity contribution in [2.75, 3.05) is 12.4 Å². The lowest BCUT2D eigenvalue weighted by atomic mass is 10.2. The second-order valence-corrected chi connectivity index (χ2v) is 4.35. The largest absolute Gasteiger partial charge is 0.372 e. The maximum absolute atomic E-state index is 13.5. The fourth-order valence-corrected chi connectivity index (χ4v) is 2.01. The Morgan fingerprint density at radius 2 is 2.13 bits per heavy atom. The van der Waals surface area contributed by atoms with E-state index in [4.69, 9.17) is 11.6 Å². The van der Waals surface area contributed by atoms with Gasteiger partial charge in [-0.1, -0.05) is 27.5 Å². The Morgan fingerprint density at radius 3 is 2.80 bits per heavy atom. The van der Waals surface area contributed by atoms with Gasteiger partial charge in [-0.15, -0.1) is 0 Å². The summed E-state index contributed by atoms with van der Waals surface area (Å²) in [6.07, 6.45) is 0. The summed E-state index contributed by atoms with van der Waals surface area (Å²) in [5.41, 5.74) is 0.565. The van der Waals surface area contributed by atoms with E-state index in [0.717, 1.165) is 0 Å². The van der Waals surface area contributed by atoms with E-state index < -0.39 is 0 Å². The van der Waals surface area contributed by atoms with Crippen LogP contribution in [0.3, 0.4) is 0 Å². The molecular weight excluding hydrogens is 282 g/mol. The maximum atomic E-state index is 13.5. The molecule has 0 spiro atoms. The maximum Gasteiger partial charge on any atom is 0.145 e. The number of halogens is 3. The number of aromatic nitrogens is 1. The van der Waals surface area contributed by atoms with Gasteiger partial charge in [0.15, 0.2) is 0 Å². The fraction of sp³-hybridized carbons (Fsp3) is 0.100. The first-order valence-corrected chi connectivity index (χ1v) is 5.42. The molecule has 78 valence electrons. The van der Waals surface area contributed by atoms with E-state index in [1.165, 1.54) is 6.07 Å². The molecule has 0 bridgehead atoms. The van der Waals surface area contributed by atoms with E-state index in [2.05, 4.69) is 26.2 Å². The van der Waals surface area contributed by atoms with Gasteiger partial charge in [-0.05, 0) is 18.2 Å². The van der Waals surface area contributed by atoms with Crippen molar-refractivity contribution in [3.63, 3.8) is 0 Å². The number of benzene rings is 1. The van der Waals surface area contributed by atoms with Gasteiger partial charge in [0.05, 0.1) is 10.5 Å². The molecule has 5 heteroatoms. The summed E-state index contributed by atoms with van der Waals surface area (Å²) in [6.45, 7) is 0. The van der Waals surface area contributed by atoms with Gasteiger partial charge in [0, 0.05) is 16.9 Å². The molecule has 1 aromatic carbocycles. The first kappa shape index (κ1) is 10.6. The Balaban J connectivity index is 2.81. The molecule has 1 aromatic heterocycles. The molecule has 0 amide bonds.